The van der Waals surface area contributed by atoms with Crippen molar-refractivity contribution in [2.75, 3.05) is 19.7 Å². The van der Waals surface area contributed by atoms with E-state index in [0.717, 1.165) is 28.8 Å². The lowest BCUT2D eigenvalue weighted by Gasteiger charge is -2.61. The zero-order valence-corrected chi connectivity index (χ0v) is 26.0. The van der Waals surface area contributed by atoms with Gasteiger partial charge in [-0.1, -0.05) is 38.8 Å². The minimum absolute atomic E-state index is 0.0975. The number of aliphatic hydroxyl groups is 2. The number of carbonyl (C=O) groups is 2. The van der Waals surface area contributed by atoms with Crippen molar-refractivity contribution in [3.63, 3.8) is 0 Å². The highest BCUT2D eigenvalue weighted by molar-refractivity contribution is 14.1. The standard InChI is InChI=1S/C32H45IN2O5/c1-32(2)23-12-11-21(24(32)18-23)19-35(29(37)15-20-7-3-4-8-20)26-16-22(31(39)34-13-14-36)17-28(30(26)38)40-27-10-6-5-9-25(27)33/h5-6,9-10,17,20-21,23-24,26,28,30,36,38H,3-4,7-8,11-16,18-19H2,1-2H3,(H,34,39). The number of hydrogen-bond donors (Lipinski definition) is 3. The summed E-state index contributed by atoms with van der Waals surface area (Å²) in [6.45, 7) is 5.36. The van der Waals surface area contributed by atoms with E-state index >= 15 is 0 Å². The van der Waals surface area contributed by atoms with Crippen LogP contribution in [-0.2, 0) is 9.59 Å². The number of aliphatic hydroxyl groups excluding tert-OH is 2. The number of nitrogens with one attached hydrogen (secondary N) is 1. The van der Waals surface area contributed by atoms with Gasteiger partial charge >= 0.3 is 0 Å². The van der Waals surface area contributed by atoms with Crippen molar-refractivity contribution in [3.05, 3.63) is 39.5 Å². The third kappa shape index (κ3) is 6.24. The molecule has 4 fully saturated rings. The number of nitrogens with zero attached hydrogens (tertiary/aromatic N) is 1. The number of para-hydroxylation sites is 1. The van der Waals surface area contributed by atoms with Gasteiger partial charge in [-0.25, -0.2) is 0 Å². The summed E-state index contributed by atoms with van der Waals surface area (Å²) in [5.41, 5.74) is 0.783. The molecule has 1 aromatic carbocycles. The molecule has 3 N–H and O–H groups in total. The molecule has 0 saturated heterocycles. The normalized spacial score (nSPS) is 31.2. The quantitative estimate of drug-likeness (QED) is 0.316. The Hall–Kier alpha value is -1.65. The lowest BCUT2D eigenvalue weighted by atomic mass is 9.45. The summed E-state index contributed by atoms with van der Waals surface area (Å²) < 4.78 is 7.24. The first kappa shape index (κ1) is 29.8. The molecule has 7 nitrogen and oxygen atoms in total. The fraction of sp³-hybridized carbons (Fsp3) is 0.688. The summed E-state index contributed by atoms with van der Waals surface area (Å²) in [6, 6.07) is 7.06. The fourth-order valence-corrected chi connectivity index (χ4v) is 8.42. The van der Waals surface area contributed by atoms with Crippen molar-refractivity contribution < 1.29 is 24.5 Å². The van der Waals surface area contributed by atoms with Crippen LogP contribution in [0.2, 0.25) is 0 Å². The van der Waals surface area contributed by atoms with Crippen molar-refractivity contribution in [1.82, 2.24) is 10.2 Å². The molecule has 5 aliphatic carbocycles. The summed E-state index contributed by atoms with van der Waals surface area (Å²) >= 11 is 2.20. The third-order valence-corrected chi connectivity index (χ3v) is 11.3. The van der Waals surface area contributed by atoms with Crippen molar-refractivity contribution >= 4 is 34.4 Å². The third-order valence-electron chi connectivity index (χ3n) is 10.4. The topological polar surface area (TPSA) is 99.1 Å². The van der Waals surface area contributed by atoms with Crippen molar-refractivity contribution in [2.45, 2.75) is 89.9 Å². The largest absolute Gasteiger partial charge is 0.482 e. The summed E-state index contributed by atoms with van der Waals surface area (Å²) in [5, 5.41) is 23.9. The van der Waals surface area contributed by atoms with E-state index in [2.05, 4.69) is 41.8 Å². The molecule has 40 heavy (non-hydrogen) atoms. The summed E-state index contributed by atoms with van der Waals surface area (Å²) in [7, 11) is 0. The Labute approximate surface area is 252 Å². The van der Waals surface area contributed by atoms with Crippen molar-refractivity contribution in [3.8, 4) is 5.75 Å². The van der Waals surface area contributed by atoms with E-state index in [-0.39, 0.29) is 31.4 Å². The molecule has 2 amide bonds. The Kier molecular flexibility index (Phi) is 9.47. The van der Waals surface area contributed by atoms with E-state index in [1.807, 2.05) is 29.2 Å². The van der Waals surface area contributed by atoms with E-state index in [0.29, 0.717) is 47.5 Å². The second kappa shape index (κ2) is 12.7. The zero-order valence-electron chi connectivity index (χ0n) is 23.9. The Morgan fingerprint density at radius 2 is 1.90 bits per heavy atom. The molecule has 0 spiro atoms. The number of amides is 2. The van der Waals surface area contributed by atoms with E-state index < -0.39 is 18.2 Å². The van der Waals surface area contributed by atoms with Crippen molar-refractivity contribution in [1.29, 1.82) is 0 Å². The Bertz CT molecular complexity index is 1100. The first-order chi connectivity index (χ1) is 19.2. The van der Waals surface area contributed by atoms with Gasteiger partial charge < -0.3 is 25.2 Å². The maximum Gasteiger partial charge on any atom is 0.247 e. The molecule has 4 saturated carbocycles. The molecule has 5 aliphatic rings. The number of fused-ring (bicyclic) bond motifs is 2. The van der Waals surface area contributed by atoms with E-state index in [9.17, 15) is 19.8 Å². The van der Waals surface area contributed by atoms with Gasteiger partial charge in [0.2, 0.25) is 11.8 Å². The second-order valence-electron chi connectivity index (χ2n) is 13.0. The monoisotopic (exact) mass is 664 g/mol. The molecular weight excluding hydrogens is 619 g/mol. The number of rotatable bonds is 10. The van der Waals surface area contributed by atoms with E-state index in [1.54, 1.807) is 6.08 Å². The van der Waals surface area contributed by atoms with Gasteiger partial charge in [0.15, 0.2) is 0 Å². The number of carbonyl (C=O) groups excluding carboxylic acids is 2. The van der Waals surface area contributed by atoms with Crippen LogP contribution in [0.1, 0.15) is 71.6 Å². The maximum absolute atomic E-state index is 14.1. The molecular formula is C32H45IN2O5. The van der Waals surface area contributed by atoms with Gasteiger partial charge in [0.1, 0.15) is 18.0 Å². The lowest BCUT2D eigenvalue weighted by molar-refractivity contribution is -0.149. The molecule has 220 valence electrons. The van der Waals surface area contributed by atoms with Crippen LogP contribution in [0.25, 0.3) is 0 Å². The van der Waals surface area contributed by atoms with Gasteiger partial charge in [0.05, 0.1) is 16.2 Å². The maximum atomic E-state index is 14.1. The predicted octanol–water partition coefficient (Wildman–Crippen LogP) is 4.69. The van der Waals surface area contributed by atoms with Gasteiger partial charge in [0, 0.05) is 31.5 Å². The number of ether oxygens (including phenoxy) is 1. The summed E-state index contributed by atoms with van der Waals surface area (Å²) in [4.78, 5) is 29.2. The SMILES string of the molecule is CC1(C)C2CCC(CN(C(=O)CC3CCCC3)C3CC(C(=O)NCCO)=CC(Oc4ccccc4I)C3O)C1C2. The number of hydrogen-bond acceptors (Lipinski definition) is 5. The Morgan fingerprint density at radius 1 is 1.15 bits per heavy atom. The second-order valence-corrected chi connectivity index (χ2v) is 14.2. The van der Waals surface area contributed by atoms with Gasteiger partial charge in [-0.3, -0.25) is 9.59 Å². The molecule has 6 unspecified atom stereocenters. The fourth-order valence-electron chi connectivity index (χ4n) is 7.90. The highest BCUT2D eigenvalue weighted by atomic mass is 127. The molecule has 2 bridgehead atoms. The van der Waals surface area contributed by atoms with Gasteiger partial charge in [-0.05, 0) is 102 Å². The lowest BCUT2D eigenvalue weighted by Crippen LogP contribution is -2.59. The van der Waals surface area contributed by atoms with Crippen LogP contribution < -0.4 is 10.1 Å². The van der Waals surface area contributed by atoms with Crippen molar-refractivity contribution in [2.24, 2.45) is 29.1 Å². The highest BCUT2D eigenvalue weighted by Gasteiger charge is 2.55. The predicted molar refractivity (Wildman–Crippen MR) is 163 cm³/mol. The molecule has 0 heterocycles. The Balaban J connectivity index is 1.44. The van der Waals surface area contributed by atoms with Crippen LogP contribution in [0.5, 0.6) is 5.75 Å². The van der Waals surface area contributed by atoms with Crippen LogP contribution in [0, 0.1) is 32.7 Å². The molecule has 8 heteroatoms. The molecule has 6 rings (SSSR count). The first-order valence-electron chi connectivity index (χ1n) is 15.2. The van der Waals surface area contributed by atoms with Crippen LogP contribution in [-0.4, -0.2) is 64.9 Å². The van der Waals surface area contributed by atoms with E-state index in [4.69, 9.17) is 4.74 Å². The van der Waals surface area contributed by atoms with Crippen LogP contribution in [0.4, 0.5) is 0 Å². The van der Waals surface area contributed by atoms with Gasteiger partial charge in [0.25, 0.3) is 0 Å². The molecule has 6 atom stereocenters. The van der Waals surface area contributed by atoms with Crippen LogP contribution in [0.15, 0.2) is 35.9 Å². The van der Waals surface area contributed by atoms with Gasteiger partial charge in [-0.15, -0.1) is 0 Å². The smallest absolute Gasteiger partial charge is 0.247 e. The molecule has 0 aromatic heterocycles. The average molecular weight is 665 g/mol. The first-order valence-corrected chi connectivity index (χ1v) is 16.2. The van der Waals surface area contributed by atoms with Crippen LogP contribution in [0.3, 0.4) is 0 Å². The number of benzene rings is 1. The molecule has 0 aliphatic heterocycles. The zero-order chi connectivity index (χ0) is 28.4. The van der Waals surface area contributed by atoms with E-state index in [1.165, 1.54) is 25.7 Å². The summed E-state index contributed by atoms with van der Waals surface area (Å²) in [6.07, 6.45) is 8.78. The molecule has 1 aromatic rings. The number of halogens is 1. The van der Waals surface area contributed by atoms with Crippen LogP contribution >= 0.6 is 22.6 Å². The summed E-state index contributed by atoms with van der Waals surface area (Å²) in [5.74, 6) is 2.59. The Morgan fingerprint density at radius 3 is 2.58 bits per heavy atom. The highest BCUT2D eigenvalue weighted by Crippen LogP contribution is 2.61. The van der Waals surface area contributed by atoms with Gasteiger partial charge in [-0.2, -0.15) is 0 Å². The minimum atomic E-state index is -0.969. The molecule has 0 radical (unpaired) electrons. The minimum Gasteiger partial charge on any atom is -0.482 e. The average Bonchev–Trinajstić information content (AvgIpc) is 3.45.